The summed E-state index contributed by atoms with van der Waals surface area (Å²) < 4.78 is 20.7. The van der Waals surface area contributed by atoms with Crippen LogP contribution in [-0.2, 0) is 4.74 Å². The first kappa shape index (κ1) is 21.9. The number of hydrogen-bond acceptors (Lipinski definition) is 9. The maximum atomic E-state index is 13.7. The lowest BCUT2D eigenvalue weighted by Gasteiger charge is -2.41. The topological polar surface area (TPSA) is 114 Å². The Kier molecular flexibility index (Phi) is 6.61. The third kappa shape index (κ3) is 4.21. The molecule has 1 aromatic carbocycles. The second-order valence-electron chi connectivity index (χ2n) is 6.44. The summed E-state index contributed by atoms with van der Waals surface area (Å²) in [6.45, 7) is -0.486. The van der Waals surface area contributed by atoms with Crippen molar-refractivity contribution in [1.82, 2.24) is 20.0 Å². The van der Waals surface area contributed by atoms with Crippen molar-refractivity contribution in [3.63, 3.8) is 0 Å². The predicted molar refractivity (Wildman–Crippen MR) is 110 cm³/mol. The number of rotatable bonds is 5. The molecule has 0 spiro atoms. The molecule has 30 heavy (non-hydrogen) atoms. The van der Waals surface area contributed by atoms with Crippen LogP contribution in [0.15, 0.2) is 34.8 Å². The molecule has 160 valence electrons. The summed E-state index contributed by atoms with van der Waals surface area (Å²) in [6, 6.07) is 1.75. The Bertz CT molecular complexity index is 1000. The van der Waals surface area contributed by atoms with Crippen LogP contribution in [0.5, 0.6) is 0 Å². The monoisotopic (exact) mass is 492 g/mol. The molecule has 0 aliphatic carbocycles. The van der Waals surface area contributed by atoms with E-state index in [0.29, 0.717) is 15.6 Å². The van der Waals surface area contributed by atoms with Crippen LogP contribution < -0.4 is 0 Å². The van der Waals surface area contributed by atoms with E-state index in [-0.39, 0.29) is 10.0 Å². The van der Waals surface area contributed by atoms with Gasteiger partial charge in [0.2, 0.25) is 0 Å². The molecule has 3 N–H and O–H groups in total. The SMILES string of the molecule is OCC1O[C@H](Sc2cc(Cl)c(F)c(Cl)c2)C(O)C(n2cc(-c3nccs3)nn2)[C@H]1O. The Balaban J connectivity index is 1.62. The predicted octanol–water partition coefficient (Wildman–Crippen LogP) is 2.62. The Hall–Kier alpha value is -1.31. The number of halogens is 3. The Labute approximate surface area is 188 Å². The number of hydrogen-bond donors (Lipinski definition) is 3. The van der Waals surface area contributed by atoms with Crippen molar-refractivity contribution in [2.75, 3.05) is 6.61 Å². The summed E-state index contributed by atoms with van der Waals surface area (Å²) in [4.78, 5) is 4.61. The minimum absolute atomic E-state index is 0.171. The lowest BCUT2D eigenvalue weighted by molar-refractivity contribution is -0.178. The van der Waals surface area contributed by atoms with Gasteiger partial charge in [0.05, 0.1) is 22.8 Å². The van der Waals surface area contributed by atoms with Gasteiger partial charge in [-0.3, -0.25) is 0 Å². The van der Waals surface area contributed by atoms with E-state index in [0.717, 1.165) is 11.8 Å². The first-order valence-electron chi connectivity index (χ1n) is 8.64. The number of benzene rings is 1. The number of thiazole rings is 1. The Morgan fingerprint density at radius 1 is 1.23 bits per heavy atom. The summed E-state index contributed by atoms with van der Waals surface area (Å²) in [7, 11) is 0. The highest BCUT2D eigenvalue weighted by Crippen LogP contribution is 2.40. The van der Waals surface area contributed by atoms with Gasteiger partial charge in [0.15, 0.2) is 5.82 Å². The number of aliphatic hydroxyl groups is 3. The van der Waals surface area contributed by atoms with E-state index in [1.165, 1.54) is 28.2 Å². The van der Waals surface area contributed by atoms with Gasteiger partial charge in [0.25, 0.3) is 0 Å². The lowest BCUT2D eigenvalue weighted by atomic mass is 9.97. The molecule has 1 aliphatic heterocycles. The molecular weight excluding hydrogens is 478 g/mol. The van der Waals surface area contributed by atoms with E-state index in [1.807, 2.05) is 0 Å². The average molecular weight is 493 g/mol. The summed E-state index contributed by atoms with van der Waals surface area (Å²) in [5.41, 5.74) is -0.446. The van der Waals surface area contributed by atoms with Crippen molar-refractivity contribution in [3.05, 3.63) is 45.8 Å². The highest BCUT2D eigenvalue weighted by molar-refractivity contribution is 7.99. The number of aliphatic hydroxyl groups excluding tert-OH is 3. The van der Waals surface area contributed by atoms with Gasteiger partial charge in [0, 0.05) is 16.5 Å². The van der Waals surface area contributed by atoms with Crippen molar-refractivity contribution >= 4 is 46.3 Å². The van der Waals surface area contributed by atoms with Gasteiger partial charge in [-0.2, -0.15) is 0 Å². The molecule has 1 aliphatic rings. The molecule has 3 aromatic rings. The fourth-order valence-corrected chi connectivity index (χ4v) is 5.42. The van der Waals surface area contributed by atoms with Gasteiger partial charge in [0.1, 0.15) is 40.5 Å². The minimum Gasteiger partial charge on any atom is -0.394 e. The van der Waals surface area contributed by atoms with Gasteiger partial charge in [-0.15, -0.1) is 16.4 Å². The molecule has 13 heteroatoms. The first-order chi connectivity index (χ1) is 14.4. The molecule has 3 unspecified atom stereocenters. The molecular formula is C17H15Cl2FN4O4S2. The average Bonchev–Trinajstić information content (AvgIpc) is 3.40. The van der Waals surface area contributed by atoms with E-state index in [4.69, 9.17) is 27.9 Å². The van der Waals surface area contributed by atoms with Crippen LogP contribution in [-0.4, -0.2) is 65.7 Å². The zero-order chi connectivity index (χ0) is 21.4. The van der Waals surface area contributed by atoms with Crippen molar-refractivity contribution < 1.29 is 24.4 Å². The highest BCUT2D eigenvalue weighted by atomic mass is 35.5. The number of thioether (sulfide) groups is 1. The van der Waals surface area contributed by atoms with Gasteiger partial charge in [-0.25, -0.2) is 14.1 Å². The third-order valence-electron chi connectivity index (χ3n) is 4.53. The van der Waals surface area contributed by atoms with E-state index >= 15 is 0 Å². The highest BCUT2D eigenvalue weighted by Gasteiger charge is 2.46. The molecule has 2 aromatic heterocycles. The maximum Gasteiger partial charge on any atom is 0.160 e. The zero-order valence-corrected chi connectivity index (χ0v) is 18.1. The summed E-state index contributed by atoms with van der Waals surface area (Å²) >= 11 is 14.1. The lowest BCUT2D eigenvalue weighted by Crippen LogP contribution is -2.55. The van der Waals surface area contributed by atoms with Gasteiger partial charge in [-0.1, -0.05) is 40.2 Å². The van der Waals surface area contributed by atoms with E-state index < -0.39 is 42.2 Å². The largest absolute Gasteiger partial charge is 0.394 e. The van der Waals surface area contributed by atoms with Gasteiger partial charge >= 0.3 is 0 Å². The third-order valence-corrected chi connectivity index (χ3v) is 7.00. The van der Waals surface area contributed by atoms with Crippen molar-refractivity contribution in [2.45, 2.75) is 34.7 Å². The van der Waals surface area contributed by atoms with E-state index in [1.54, 1.807) is 17.8 Å². The van der Waals surface area contributed by atoms with E-state index in [2.05, 4.69) is 15.3 Å². The fraction of sp³-hybridized carbons (Fsp3) is 0.353. The number of nitrogens with zero attached hydrogens (tertiary/aromatic N) is 4. The molecule has 8 nitrogen and oxygen atoms in total. The zero-order valence-electron chi connectivity index (χ0n) is 15.0. The molecule has 5 atom stereocenters. The molecule has 1 fully saturated rings. The van der Waals surface area contributed by atoms with Crippen LogP contribution in [0.2, 0.25) is 10.0 Å². The summed E-state index contributed by atoms with van der Waals surface area (Å²) in [5.74, 6) is -0.744. The molecule has 0 saturated carbocycles. The van der Waals surface area contributed by atoms with Crippen LogP contribution in [0.1, 0.15) is 6.04 Å². The van der Waals surface area contributed by atoms with Crippen molar-refractivity contribution in [3.8, 4) is 10.7 Å². The van der Waals surface area contributed by atoms with Crippen LogP contribution >= 0.6 is 46.3 Å². The van der Waals surface area contributed by atoms with Crippen molar-refractivity contribution in [2.24, 2.45) is 0 Å². The summed E-state index contributed by atoms with van der Waals surface area (Å²) in [6.07, 6.45) is -0.308. The maximum absolute atomic E-state index is 13.7. The molecule has 4 rings (SSSR count). The van der Waals surface area contributed by atoms with E-state index in [9.17, 15) is 19.7 Å². The molecule has 0 bridgehead atoms. The minimum atomic E-state index is -1.26. The van der Waals surface area contributed by atoms with Crippen molar-refractivity contribution in [1.29, 1.82) is 0 Å². The normalized spacial score (nSPS) is 26.8. The first-order valence-corrected chi connectivity index (χ1v) is 11.2. The van der Waals surface area contributed by atoms with Crippen LogP contribution in [0.3, 0.4) is 0 Å². The number of aromatic nitrogens is 4. The van der Waals surface area contributed by atoms with Gasteiger partial charge in [-0.05, 0) is 12.1 Å². The molecule has 0 amide bonds. The molecule has 1 saturated heterocycles. The quantitative estimate of drug-likeness (QED) is 0.465. The Morgan fingerprint density at radius 2 is 1.97 bits per heavy atom. The van der Waals surface area contributed by atoms with Crippen LogP contribution in [0.25, 0.3) is 10.7 Å². The molecule has 3 heterocycles. The molecule has 0 radical (unpaired) electrons. The summed E-state index contributed by atoms with van der Waals surface area (Å²) in [5, 5.41) is 41.4. The van der Waals surface area contributed by atoms with Gasteiger partial charge < -0.3 is 20.1 Å². The standard InChI is InChI=1S/C17H15Cl2FN4O4S2/c18-8-3-7(4-9(19)12(8)20)30-17-15(27)13(14(26)11(6-25)28-17)24-5-10(22-23-24)16-21-1-2-29-16/h1-5,11,13-15,17,25-27H,6H2/t11?,13?,14-,15?,17+/m0/s1. The smallest absolute Gasteiger partial charge is 0.160 e. The fourth-order valence-electron chi connectivity index (χ4n) is 3.08. The Morgan fingerprint density at radius 3 is 2.60 bits per heavy atom. The second kappa shape index (κ2) is 9.05. The van der Waals surface area contributed by atoms with Crippen LogP contribution in [0, 0.1) is 5.82 Å². The second-order valence-corrected chi connectivity index (χ2v) is 9.32. The van der Waals surface area contributed by atoms with Crippen LogP contribution in [0.4, 0.5) is 4.39 Å². The number of ether oxygens (including phenoxy) is 1.